The van der Waals surface area contributed by atoms with E-state index < -0.39 is 10.0 Å². The summed E-state index contributed by atoms with van der Waals surface area (Å²) in [4.78, 5) is 12.3. The van der Waals surface area contributed by atoms with Gasteiger partial charge in [0.2, 0.25) is 15.9 Å². The first-order valence-corrected chi connectivity index (χ1v) is 10.4. The summed E-state index contributed by atoms with van der Waals surface area (Å²) in [6, 6.07) is 14.2. The Morgan fingerprint density at radius 3 is 2.44 bits per heavy atom. The molecule has 27 heavy (non-hydrogen) atoms. The van der Waals surface area contributed by atoms with E-state index in [-0.39, 0.29) is 10.8 Å². The first kappa shape index (κ1) is 20.9. The minimum Gasteiger partial charge on any atom is -0.496 e. The lowest BCUT2D eigenvalue weighted by atomic mass is 10.1. The molecule has 2 N–H and O–H groups in total. The van der Waals surface area contributed by atoms with Crippen molar-refractivity contribution in [2.24, 2.45) is 0 Å². The second kappa shape index (κ2) is 10.1. The number of hydrogen-bond donors (Lipinski definition) is 2. The Morgan fingerprint density at radius 1 is 1.07 bits per heavy atom. The van der Waals surface area contributed by atoms with Gasteiger partial charge in [-0.3, -0.25) is 4.79 Å². The largest absolute Gasteiger partial charge is 0.496 e. The van der Waals surface area contributed by atoms with Gasteiger partial charge >= 0.3 is 0 Å². The van der Waals surface area contributed by atoms with Crippen LogP contribution < -0.4 is 14.8 Å². The smallest absolute Gasteiger partial charge is 0.240 e. The number of nitrogens with one attached hydrogen (secondary N) is 2. The van der Waals surface area contributed by atoms with Gasteiger partial charge in [-0.25, -0.2) is 13.1 Å². The Hall–Kier alpha value is -2.38. The van der Waals surface area contributed by atoms with Crippen LogP contribution in [-0.2, 0) is 27.8 Å². The minimum absolute atomic E-state index is 0.0674. The first-order chi connectivity index (χ1) is 13.0. The molecule has 0 saturated carbocycles. The highest BCUT2D eigenvalue weighted by Gasteiger charge is 2.12. The van der Waals surface area contributed by atoms with Crippen molar-refractivity contribution < 1.29 is 17.9 Å². The van der Waals surface area contributed by atoms with Crippen LogP contribution in [0.3, 0.4) is 0 Å². The van der Waals surface area contributed by atoms with E-state index in [0.717, 1.165) is 23.3 Å². The summed E-state index contributed by atoms with van der Waals surface area (Å²) in [6.45, 7) is 2.73. The predicted octanol–water partition coefficient (Wildman–Crippen LogP) is 2.63. The molecule has 146 valence electrons. The van der Waals surface area contributed by atoms with Crippen LogP contribution in [0.25, 0.3) is 0 Å². The van der Waals surface area contributed by atoms with Crippen molar-refractivity contribution in [2.45, 2.75) is 37.6 Å². The minimum atomic E-state index is -3.46. The van der Waals surface area contributed by atoms with Crippen molar-refractivity contribution in [3.63, 3.8) is 0 Å². The zero-order chi connectivity index (χ0) is 19.7. The number of para-hydroxylation sites is 1. The number of hydrogen-bond acceptors (Lipinski definition) is 4. The summed E-state index contributed by atoms with van der Waals surface area (Å²) in [7, 11) is -1.86. The lowest BCUT2D eigenvalue weighted by molar-refractivity contribution is -0.121. The number of amides is 1. The SMILES string of the molecule is CCCNS(=O)(=O)c1ccc(CCC(=O)NCc2ccccc2OC)cc1. The molecule has 0 aromatic heterocycles. The van der Waals surface area contributed by atoms with E-state index in [1.807, 2.05) is 31.2 Å². The highest BCUT2D eigenvalue weighted by atomic mass is 32.2. The molecule has 2 aromatic carbocycles. The van der Waals surface area contributed by atoms with E-state index in [0.29, 0.717) is 25.9 Å². The van der Waals surface area contributed by atoms with Gasteiger partial charge in [-0.1, -0.05) is 37.3 Å². The fourth-order valence-electron chi connectivity index (χ4n) is 2.54. The fourth-order valence-corrected chi connectivity index (χ4v) is 3.68. The van der Waals surface area contributed by atoms with Crippen molar-refractivity contribution in [2.75, 3.05) is 13.7 Å². The molecule has 6 nitrogen and oxygen atoms in total. The number of benzene rings is 2. The molecule has 1 amide bonds. The van der Waals surface area contributed by atoms with Crippen LogP contribution in [-0.4, -0.2) is 28.0 Å². The predicted molar refractivity (Wildman–Crippen MR) is 105 cm³/mol. The Morgan fingerprint density at radius 2 is 1.78 bits per heavy atom. The Labute approximate surface area is 161 Å². The van der Waals surface area contributed by atoms with Gasteiger partial charge in [-0.05, 0) is 36.6 Å². The van der Waals surface area contributed by atoms with Crippen LogP contribution in [0, 0.1) is 0 Å². The van der Waals surface area contributed by atoms with Crippen LogP contribution in [0.15, 0.2) is 53.4 Å². The molecule has 0 aliphatic carbocycles. The molecule has 0 atom stereocenters. The molecular formula is C20H26N2O4S. The summed E-state index contributed by atoms with van der Waals surface area (Å²) in [6.07, 6.45) is 1.61. The quantitative estimate of drug-likeness (QED) is 0.653. The number of sulfonamides is 1. The monoisotopic (exact) mass is 390 g/mol. The summed E-state index contributed by atoms with van der Waals surface area (Å²) in [5, 5.41) is 2.88. The van der Waals surface area contributed by atoms with Gasteiger partial charge in [0.25, 0.3) is 0 Å². The zero-order valence-corrected chi connectivity index (χ0v) is 16.5. The molecule has 7 heteroatoms. The molecule has 0 unspecified atom stereocenters. The fraction of sp³-hybridized carbons (Fsp3) is 0.350. The van der Waals surface area contributed by atoms with Gasteiger partial charge in [0.1, 0.15) is 5.75 Å². The second-order valence-corrected chi connectivity index (χ2v) is 7.90. The lowest BCUT2D eigenvalue weighted by Gasteiger charge is -2.10. The summed E-state index contributed by atoms with van der Waals surface area (Å²) in [5.74, 6) is 0.675. The van der Waals surface area contributed by atoms with Gasteiger partial charge in [0.15, 0.2) is 0 Å². The molecule has 0 radical (unpaired) electrons. The third-order valence-electron chi connectivity index (χ3n) is 4.09. The van der Waals surface area contributed by atoms with E-state index in [2.05, 4.69) is 10.0 Å². The molecule has 0 spiro atoms. The van der Waals surface area contributed by atoms with Crippen LogP contribution in [0.5, 0.6) is 5.75 Å². The van der Waals surface area contributed by atoms with E-state index in [1.165, 1.54) is 0 Å². The van der Waals surface area contributed by atoms with E-state index in [4.69, 9.17) is 4.74 Å². The van der Waals surface area contributed by atoms with Crippen LogP contribution in [0.2, 0.25) is 0 Å². The standard InChI is InChI=1S/C20H26N2O4S/c1-3-14-22-27(24,25)18-11-8-16(9-12-18)10-13-20(23)21-15-17-6-4-5-7-19(17)26-2/h4-9,11-12,22H,3,10,13-15H2,1-2H3,(H,21,23). The molecule has 0 heterocycles. The summed E-state index contributed by atoms with van der Waals surface area (Å²) in [5.41, 5.74) is 1.83. The molecule has 0 aliphatic rings. The molecule has 0 fully saturated rings. The van der Waals surface area contributed by atoms with Crippen molar-refractivity contribution in [1.29, 1.82) is 0 Å². The Bertz CT molecular complexity index is 849. The summed E-state index contributed by atoms with van der Waals surface area (Å²) >= 11 is 0. The lowest BCUT2D eigenvalue weighted by Crippen LogP contribution is -2.24. The Balaban J connectivity index is 1.84. The van der Waals surface area contributed by atoms with Crippen LogP contribution in [0.4, 0.5) is 0 Å². The third-order valence-corrected chi connectivity index (χ3v) is 5.56. The van der Waals surface area contributed by atoms with E-state index in [1.54, 1.807) is 31.4 Å². The first-order valence-electron chi connectivity index (χ1n) is 8.93. The molecular weight excluding hydrogens is 364 g/mol. The number of aryl methyl sites for hydroxylation is 1. The van der Waals surface area contributed by atoms with Gasteiger partial charge in [0, 0.05) is 25.1 Å². The maximum atomic E-state index is 12.1. The molecule has 0 bridgehead atoms. The van der Waals surface area contributed by atoms with Crippen LogP contribution >= 0.6 is 0 Å². The van der Waals surface area contributed by atoms with Crippen molar-refractivity contribution in [3.8, 4) is 5.75 Å². The zero-order valence-electron chi connectivity index (χ0n) is 15.7. The third kappa shape index (κ3) is 6.37. The average molecular weight is 391 g/mol. The number of carbonyl (C=O) groups excluding carboxylic acids is 1. The van der Waals surface area contributed by atoms with Gasteiger partial charge in [0.05, 0.1) is 12.0 Å². The van der Waals surface area contributed by atoms with Gasteiger partial charge < -0.3 is 10.1 Å². The van der Waals surface area contributed by atoms with E-state index in [9.17, 15) is 13.2 Å². The van der Waals surface area contributed by atoms with E-state index >= 15 is 0 Å². The van der Waals surface area contributed by atoms with Gasteiger partial charge in [-0.2, -0.15) is 0 Å². The molecule has 2 rings (SSSR count). The highest BCUT2D eigenvalue weighted by Crippen LogP contribution is 2.17. The van der Waals surface area contributed by atoms with Crippen LogP contribution in [0.1, 0.15) is 30.9 Å². The second-order valence-electron chi connectivity index (χ2n) is 6.13. The average Bonchev–Trinajstić information content (AvgIpc) is 2.69. The maximum Gasteiger partial charge on any atom is 0.240 e. The molecule has 0 aliphatic heterocycles. The number of carbonyl (C=O) groups is 1. The number of ether oxygens (including phenoxy) is 1. The molecule has 0 saturated heterocycles. The maximum absolute atomic E-state index is 12.1. The normalized spacial score (nSPS) is 11.2. The highest BCUT2D eigenvalue weighted by molar-refractivity contribution is 7.89. The Kier molecular flexibility index (Phi) is 7.82. The van der Waals surface area contributed by atoms with Crippen molar-refractivity contribution >= 4 is 15.9 Å². The number of methoxy groups -OCH3 is 1. The number of rotatable bonds is 10. The van der Waals surface area contributed by atoms with Crippen molar-refractivity contribution in [3.05, 3.63) is 59.7 Å². The topological polar surface area (TPSA) is 84.5 Å². The molecule has 2 aromatic rings. The summed E-state index contributed by atoms with van der Waals surface area (Å²) < 4.78 is 31.9. The van der Waals surface area contributed by atoms with Crippen molar-refractivity contribution in [1.82, 2.24) is 10.0 Å². The van der Waals surface area contributed by atoms with Gasteiger partial charge in [-0.15, -0.1) is 0 Å².